The lowest BCUT2D eigenvalue weighted by molar-refractivity contribution is -0.165. The SMILES string of the molecule is CC(C)[C@H](NC(=O)C(Cc1ccccc1)NC(=O)CCc1ccc(Cl)c(Cl)c1)C(=O)C(F)(F)C(=O)NCC(F)(F)F. The highest BCUT2D eigenvalue weighted by molar-refractivity contribution is 6.42. The highest BCUT2D eigenvalue weighted by atomic mass is 35.5. The van der Waals surface area contributed by atoms with Crippen LogP contribution in [0.5, 0.6) is 0 Å². The number of nitrogens with one attached hydrogen (secondary N) is 3. The van der Waals surface area contributed by atoms with Crippen LogP contribution >= 0.6 is 23.2 Å². The zero-order valence-corrected chi connectivity index (χ0v) is 23.5. The number of halogens is 7. The normalized spacial score (nSPS) is 13.3. The first-order valence-electron chi connectivity index (χ1n) is 12.4. The molecule has 1 unspecified atom stereocenters. The van der Waals surface area contributed by atoms with E-state index in [-0.39, 0.29) is 19.3 Å². The smallest absolute Gasteiger partial charge is 0.344 e. The fraction of sp³-hybridized carbons (Fsp3) is 0.407. The van der Waals surface area contributed by atoms with Gasteiger partial charge in [-0.3, -0.25) is 19.2 Å². The number of rotatable bonds is 13. The van der Waals surface area contributed by atoms with Gasteiger partial charge < -0.3 is 16.0 Å². The number of Topliss-reactive ketones (excluding diaryl/α,β-unsaturated/α-hetero) is 1. The van der Waals surface area contributed by atoms with E-state index < -0.39 is 60.1 Å². The molecule has 0 heterocycles. The predicted molar refractivity (Wildman–Crippen MR) is 143 cm³/mol. The third-order valence-corrected chi connectivity index (χ3v) is 6.59. The summed E-state index contributed by atoms with van der Waals surface area (Å²) in [7, 11) is 0. The number of ketones is 1. The van der Waals surface area contributed by atoms with Gasteiger partial charge in [0, 0.05) is 12.8 Å². The molecular formula is C27H28Cl2F5N3O4. The number of aryl methyl sites for hydroxylation is 1. The largest absolute Gasteiger partial charge is 0.405 e. The van der Waals surface area contributed by atoms with Crippen LogP contribution < -0.4 is 16.0 Å². The summed E-state index contributed by atoms with van der Waals surface area (Å²) in [5.74, 6) is -12.0. The molecule has 2 aromatic carbocycles. The Labute approximate surface area is 243 Å². The molecule has 0 aromatic heterocycles. The molecular weight excluding hydrogens is 596 g/mol. The Morgan fingerprint density at radius 3 is 2.05 bits per heavy atom. The Bertz CT molecular complexity index is 1240. The van der Waals surface area contributed by atoms with Crippen LogP contribution in [-0.2, 0) is 32.0 Å². The van der Waals surface area contributed by atoms with Gasteiger partial charge in [0.2, 0.25) is 17.6 Å². The summed E-state index contributed by atoms with van der Waals surface area (Å²) in [6.45, 7) is 0.532. The topological polar surface area (TPSA) is 104 Å². The number of amides is 3. The Hall–Kier alpha value is -3.25. The van der Waals surface area contributed by atoms with Crippen LogP contribution in [0.15, 0.2) is 48.5 Å². The van der Waals surface area contributed by atoms with Crippen molar-refractivity contribution in [2.75, 3.05) is 6.54 Å². The summed E-state index contributed by atoms with van der Waals surface area (Å²) in [6, 6.07) is 9.92. The van der Waals surface area contributed by atoms with Crippen LogP contribution in [0.25, 0.3) is 0 Å². The fourth-order valence-corrected chi connectivity index (χ4v) is 3.99. The quantitative estimate of drug-likeness (QED) is 0.223. The molecule has 0 radical (unpaired) electrons. The van der Waals surface area contributed by atoms with E-state index in [1.54, 1.807) is 48.5 Å². The van der Waals surface area contributed by atoms with Gasteiger partial charge in [-0.05, 0) is 35.6 Å². The van der Waals surface area contributed by atoms with Crippen LogP contribution in [-0.4, -0.2) is 54.2 Å². The number of hydrogen-bond donors (Lipinski definition) is 3. The second-order valence-electron chi connectivity index (χ2n) is 9.53. The number of benzene rings is 2. The minimum atomic E-state index is -4.98. The molecule has 0 aliphatic rings. The average molecular weight is 624 g/mol. The van der Waals surface area contributed by atoms with E-state index in [1.807, 2.05) is 0 Å². The molecule has 0 aliphatic carbocycles. The minimum Gasteiger partial charge on any atom is -0.344 e. The van der Waals surface area contributed by atoms with Gasteiger partial charge in [-0.15, -0.1) is 0 Å². The minimum absolute atomic E-state index is 0.0767. The molecule has 0 spiro atoms. The molecule has 3 amide bonds. The highest BCUT2D eigenvalue weighted by Gasteiger charge is 2.52. The van der Waals surface area contributed by atoms with Crippen LogP contribution in [0.2, 0.25) is 10.0 Å². The van der Waals surface area contributed by atoms with Gasteiger partial charge in [-0.1, -0.05) is 73.4 Å². The van der Waals surface area contributed by atoms with E-state index in [2.05, 4.69) is 10.6 Å². The molecule has 14 heteroatoms. The maximum Gasteiger partial charge on any atom is 0.405 e. The van der Waals surface area contributed by atoms with Gasteiger partial charge in [-0.2, -0.15) is 22.0 Å². The monoisotopic (exact) mass is 623 g/mol. The second kappa shape index (κ2) is 14.6. The van der Waals surface area contributed by atoms with Crippen molar-refractivity contribution in [3.8, 4) is 0 Å². The van der Waals surface area contributed by atoms with Crippen molar-refractivity contribution >= 4 is 46.7 Å². The van der Waals surface area contributed by atoms with Crippen molar-refractivity contribution in [3.05, 3.63) is 69.7 Å². The number of hydrogen-bond acceptors (Lipinski definition) is 4. The van der Waals surface area contributed by atoms with E-state index >= 15 is 0 Å². The van der Waals surface area contributed by atoms with Gasteiger partial charge >= 0.3 is 12.1 Å². The summed E-state index contributed by atoms with van der Waals surface area (Å²) in [4.78, 5) is 50.3. The predicted octanol–water partition coefficient (Wildman–Crippen LogP) is 4.68. The van der Waals surface area contributed by atoms with Gasteiger partial charge in [0.1, 0.15) is 12.6 Å². The lowest BCUT2D eigenvalue weighted by atomic mass is 9.94. The van der Waals surface area contributed by atoms with Crippen LogP contribution in [0.1, 0.15) is 31.4 Å². The fourth-order valence-electron chi connectivity index (χ4n) is 3.67. The molecule has 2 rings (SSSR count). The van der Waals surface area contributed by atoms with Crippen LogP contribution in [0.3, 0.4) is 0 Å². The zero-order chi connectivity index (χ0) is 31.0. The standard InChI is InChI=1S/C27H28Cl2F5N3O4/c1-15(2)22(23(39)27(33,34)25(41)35-14-26(30,31)32)37-24(40)20(13-16-6-4-3-5-7-16)36-21(38)11-9-17-8-10-18(28)19(29)12-17/h3-8,10,12,15,20,22H,9,11,13-14H2,1-2H3,(H,35,41)(H,36,38)(H,37,40)/t20?,22-/m0/s1. The molecule has 7 nitrogen and oxygen atoms in total. The van der Waals surface area contributed by atoms with Gasteiger partial charge in [0.25, 0.3) is 5.91 Å². The Kier molecular flexibility index (Phi) is 12.1. The maximum absolute atomic E-state index is 14.6. The van der Waals surface area contributed by atoms with Gasteiger partial charge in [0.05, 0.1) is 16.1 Å². The summed E-state index contributed by atoms with van der Waals surface area (Å²) >= 11 is 11.9. The van der Waals surface area contributed by atoms with Crippen molar-refractivity contribution in [2.45, 2.75) is 57.3 Å². The molecule has 0 fully saturated rings. The van der Waals surface area contributed by atoms with Crippen LogP contribution in [0.4, 0.5) is 22.0 Å². The molecule has 0 saturated carbocycles. The van der Waals surface area contributed by atoms with Crippen LogP contribution in [0, 0.1) is 5.92 Å². The van der Waals surface area contributed by atoms with Crippen molar-refractivity contribution in [2.24, 2.45) is 5.92 Å². The van der Waals surface area contributed by atoms with Crippen molar-refractivity contribution in [1.29, 1.82) is 0 Å². The molecule has 224 valence electrons. The second-order valence-corrected chi connectivity index (χ2v) is 10.3. The van der Waals surface area contributed by atoms with Gasteiger partial charge in [-0.25, -0.2) is 0 Å². The summed E-state index contributed by atoms with van der Waals surface area (Å²) in [5, 5.41) is 6.28. The first-order valence-corrected chi connectivity index (χ1v) is 13.1. The third kappa shape index (κ3) is 10.6. The molecule has 0 saturated heterocycles. The highest BCUT2D eigenvalue weighted by Crippen LogP contribution is 2.24. The van der Waals surface area contributed by atoms with Crippen molar-refractivity contribution in [1.82, 2.24) is 16.0 Å². The first kappa shape index (κ1) is 34.0. The Morgan fingerprint density at radius 1 is 0.854 bits per heavy atom. The summed E-state index contributed by atoms with van der Waals surface area (Å²) < 4.78 is 66.2. The van der Waals surface area contributed by atoms with E-state index in [1.165, 1.54) is 13.8 Å². The van der Waals surface area contributed by atoms with E-state index in [9.17, 15) is 41.1 Å². The zero-order valence-electron chi connectivity index (χ0n) is 22.0. The number of carbonyl (C=O) groups excluding carboxylic acids is 4. The molecule has 3 N–H and O–H groups in total. The maximum atomic E-state index is 14.6. The summed E-state index contributed by atoms with van der Waals surface area (Å²) in [5.41, 5.74) is 1.29. The molecule has 0 bridgehead atoms. The van der Waals surface area contributed by atoms with Crippen molar-refractivity contribution in [3.63, 3.8) is 0 Å². The van der Waals surface area contributed by atoms with Gasteiger partial charge in [0.15, 0.2) is 0 Å². The Balaban J connectivity index is 2.19. The van der Waals surface area contributed by atoms with E-state index in [0.717, 1.165) is 5.32 Å². The van der Waals surface area contributed by atoms with Crippen molar-refractivity contribution < 1.29 is 41.1 Å². The van der Waals surface area contributed by atoms with E-state index in [0.29, 0.717) is 21.2 Å². The van der Waals surface area contributed by atoms with E-state index in [4.69, 9.17) is 23.2 Å². The molecule has 2 atom stereocenters. The number of carbonyl (C=O) groups is 4. The molecule has 2 aromatic rings. The Morgan fingerprint density at radius 2 is 1.49 bits per heavy atom. The molecule has 0 aliphatic heterocycles. The lowest BCUT2D eigenvalue weighted by Gasteiger charge is -2.27. The lowest BCUT2D eigenvalue weighted by Crippen LogP contribution is -2.59. The summed E-state index contributed by atoms with van der Waals surface area (Å²) in [6.07, 6.45) is -4.91. The number of alkyl halides is 5. The first-order chi connectivity index (χ1) is 19.0. The molecule has 41 heavy (non-hydrogen) atoms. The average Bonchev–Trinajstić information content (AvgIpc) is 2.90. The third-order valence-electron chi connectivity index (χ3n) is 5.85.